The van der Waals surface area contributed by atoms with E-state index in [2.05, 4.69) is 27.4 Å². The molecule has 0 bridgehead atoms. The van der Waals surface area contributed by atoms with E-state index in [4.69, 9.17) is 0 Å². The second-order valence-corrected chi connectivity index (χ2v) is 3.89. The van der Waals surface area contributed by atoms with Gasteiger partial charge in [-0.15, -0.1) is 0 Å². The summed E-state index contributed by atoms with van der Waals surface area (Å²) in [6.07, 6.45) is 3.20. The minimum atomic E-state index is 0.104. The third kappa shape index (κ3) is 3.95. The number of unbranched alkanes of at least 4 members (excludes halogenated alkanes) is 1. The monoisotopic (exact) mass is 197 g/mol. The number of carbonyl (C=O) groups excluding carboxylic acids is 1. The van der Waals surface area contributed by atoms with Gasteiger partial charge in [0.05, 0.1) is 0 Å². The molecule has 0 spiro atoms. The van der Waals surface area contributed by atoms with Crippen molar-refractivity contribution >= 4 is 5.91 Å². The van der Waals surface area contributed by atoms with Crippen LogP contribution in [0.4, 0.5) is 0 Å². The molecule has 1 atom stereocenters. The van der Waals surface area contributed by atoms with Gasteiger partial charge in [-0.25, -0.2) is 0 Å². The van der Waals surface area contributed by atoms with E-state index in [1.165, 1.54) is 0 Å². The Balaban J connectivity index is 4.38. The van der Waals surface area contributed by atoms with Crippen molar-refractivity contribution < 1.29 is 4.79 Å². The topological polar surface area (TPSA) is 20.3 Å². The van der Waals surface area contributed by atoms with Gasteiger partial charge < -0.3 is 4.90 Å². The van der Waals surface area contributed by atoms with E-state index >= 15 is 0 Å². The molecule has 0 aromatic heterocycles. The Labute approximate surface area is 88.0 Å². The summed E-state index contributed by atoms with van der Waals surface area (Å²) in [5.41, 5.74) is 0.640. The molecule has 0 rings (SSSR count). The van der Waals surface area contributed by atoms with E-state index < -0.39 is 0 Å². The molecule has 14 heavy (non-hydrogen) atoms. The second-order valence-electron chi connectivity index (χ2n) is 3.89. The fourth-order valence-corrected chi connectivity index (χ4v) is 1.32. The molecule has 0 aliphatic carbocycles. The van der Waals surface area contributed by atoms with Crippen LogP contribution in [0, 0.1) is 0 Å². The van der Waals surface area contributed by atoms with Crippen molar-refractivity contribution in [3.63, 3.8) is 0 Å². The van der Waals surface area contributed by atoms with Gasteiger partial charge in [0.25, 0.3) is 0 Å². The molecular formula is C12H23NO. The highest BCUT2D eigenvalue weighted by atomic mass is 16.2. The van der Waals surface area contributed by atoms with Gasteiger partial charge in [0.2, 0.25) is 5.91 Å². The summed E-state index contributed by atoms with van der Waals surface area (Å²) >= 11 is 0. The number of amides is 1. The Bertz CT molecular complexity index is 198. The maximum Gasteiger partial charge on any atom is 0.249 e. The van der Waals surface area contributed by atoms with Crippen molar-refractivity contribution in [2.75, 3.05) is 6.54 Å². The summed E-state index contributed by atoms with van der Waals surface area (Å²) in [7, 11) is 0. The van der Waals surface area contributed by atoms with Gasteiger partial charge in [0.1, 0.15) is 0 Å². The first kappa shape index (κ1) is 13.2. The zero-order chi connectivity index (χ0) is 11.1. The van der Waals surface area contributed by atoms with Crippen LogP contribution in [-0.4, -0.2) is 23.4 Å². The quantitative estimate of drug-likeness (QED) is 0.599. The highest BCUT2D eigenvalue weighted by Gasteiger charge is 2.18. The van der Waals surface area contributed by atoms with Gasteiger partial charge in [-0.3, -0.25) is 4.79 Å². The van der Waals surface area contributed by atoms with Gasteiger partial charge in [0, 0.05) is 18.2 Å². The average Bonchev–Trinajstić information content (AvgIpc) is 2.17. The normalized spacial score (nSPS) is 12.3. The first-order valence-corrected chi connectivity index (χ1v) is 5.51. The van der Waals surface area contributed by atoms with Crippen LogP contribution < -0.4 is 0 Å². The van der Waals surface area contributed by atoms with E-state index in [9.17, 15) is 4.79 Å². The van der Waals surface area contributed by atoms with Gasteiger partial charge >= 0.3 is 0 Å². The smallest absolute Gasteiger partial charge is 0.249 e. The van der Waals surface area contributed by atoms with Crippen molar-refractivity contribution in [1.29, 1.82) is 0 Å². The molecule has 0 heterocycles. The lowest BCUT2D eigenvalue weighted by Gasteiger charge is -2.28. The SMILES string of the molecule is C=C(C)C(=O)N(CCCC)C(C)CC. The zero-order valence-electron chi connectivity index (χ0n) is 9.97. The maximum absolute atomic E-state index is 11.8. The predicted molar refractivity (Wildman–Crippen MR) is 61.2 cm³/mol. The summed E-state index contributed by atoms with van der Waals surface area (Å²) < 4.78 is 0. The van der Waals surface area contributed by atoms with E-state index in [0.29, 0.717) is 11.6 Å². The highest BCUT2D eigenvalue weighted by Crippen LogP contribution is 2.09. The number of rotatable bonds is 6. The Hall–Kier alpha value is -0.790. The molecule has 2 nitrogen and oxygen atoms in total. The third-order valence-electron chi connectivity index (χ3n) is 2.50. The van der Waals surface area contributed by atoms with Crippen molar-refractivity contribution in [2.45, 2.75) is 53.0 Å². The molecule has 0 radical (unpaired) electrons. The molecule has 0 aliphatic heterocycles. The van der Waals surface area contributed by atoms with E-state index in [1.807, 2.05) is 4.90 Å². The molecule has 0 saturated heterocycles. The molecule has 1 amide bonds. The largest absolute Gasteiger partial charge is 0.336 e. The minimum absolute atomic E-state index is 0.104. The predicted octanol–water partition coefficient (Wildman–Crippen LogP) is 2.99. The molecule has 0 aliphatic rings. The van der Waals surface area contributed by atoms with Crippen LogP contribution in [0.15, 0.2) is 12.2 Å². The number of nitrogens with zero attached hydrogens (tertiary/aromatic N) is 1. The Kier molecular flexibility index (Phi) is 6.26. The Morgan fingerprint density at radius 2 is 2.00 bits per heavy atom. The lowest BCUT2D eigenvalue weighted by atomic mass is 10.1. The van der Waals surface area contributed by atoms with Crippen LogP contribution >= 0.6 is 0 Å². The highest BCUT2D eigenvalue weighted by molar-refractivity contribution is 5.92. The molecular weight excluding hydrogens is 174 g/mol. The van der Waals surface area contributed by atoms with Gasteiger partial charge in [-0.1, -0.05) is 26.8 Å². The summed E-state index contributed by atoms with van der Waals surface area (Å²) in [5.74, 6) is 0.104. The molecule has 1 unspecified atom stereocenters. The van der Waals surface area contributed by atoms with E-state index in [0.717, 1.165) is 25.8 Å². The van der Waals surface area contributed by atoms with Crippen LogP contribution in [0.5, 0.6) is 0 Å². The van der Waals surface area contributed by atoms with Crippen molar-refractivity contribution in [2.24, 2.45) is 0 Å². The van der Waals surface area contributed by atoms with Gasteiger partial charge in [0.15, 0.2) is 0 Å². The van der Waals surface area contributed by atoms with E-state index in [1.54, 1.807) is 6.92 Å². The first-order valence-electron chi connectivity index (χ1n) is 5.51. The third-order valence-corrected chi connectivity index (χ3v) is 2.50. The van der Waals surface area contributed by atoms with Crippen molar-refractivity contribution in [3.05, 3.63) is 12.2 Å². The fraction of sp³-hybridized carbons (Fsp3) is 0.750. The van der Waals surface area contributed by atoms with Crippen LogP contribution in [0.3, 0.4) is 0 Å². The lowest BCUT2D eigenvalue weighted by molar-refractivity contribution is -0.129. The molecule has 0 aromatic rings. The van der Waals surface area contributed by atoms with Crippen LogP contribution in [0.1, 0.15) is 47.0 Å². The Morgan fingerprint density at radius 1 is 1.43 bits per heavy atom. The van der Waals surface area contributed by atoms with Gasteiger partial charge in [-0.2, -0.15) is 0 Å². The van der Waals surface area contributed by atoms with Crippen LogP contribution in [0.2, 0.25) is 0 Å². The number of hydrogen-bond donors (Lipinski definition) is 0. The van der Waals surface area contributed by atoms with Crippen molar-refractivity contribution in [3.8, 4) is 0 Å². The average molecular weight is 197 g/mol. The molecule has 2 heteroatoms. The lowest BCUT2D eigenvalue weighted by Crippen LogP contribution is -2.39. The van der Waals surface area contributed by atoms with Gasteiger partial charge in [-0.05, 0) is 26.7 Å². The summed E-state index contributed by atoms with van der Waals surface area (Å²) in [5, 5.41) is 0. The minimum Gasteiger partial charge on any atom is -0.336 e. The van der Waals surface area contributed by atoms with Crippen LogP contribution in [0.25, 0.3) is 0 Å². The van der Waals surface area contributed by atoms with Crippen molar-refractivity contribution in [1.82, 2.24) is 4.90 Å². The summed E-state index contributed by atoms with van der Waals surface area (Å²) in [4.78, 5) is 13.7. The van der Waals surface area contributed by atoms with E-state index in [-0.39, 0.29) is 5.91 Å². The number of hydrogen-bond acceptors (Lipinski definition) is 1. The molecule has 0 N–H and O–H groups in total. The standard InChI is InChI=1S/C12H23NO/c1-6-8-9-13(11(5)7-2)12(14)10(3)4/h11H,3,6-9H2,1-2,4-5H3. The molecule has 82 valence electrons. The summed E-state index contributed by atoms with van der Waals surface area (Å²) in [6, 6.07) is 0.325. The molecule has 0 fully saturated rings. The number of carbonyl (C=O) groups is 1. The zero-order valence-corrected chi connectivity index (χ0v) is 9.97. The Morgan fingerprint density at radius 3 is 2.36 bits per heavy atom. The second kappa shape index (κ2) is 6.63. The summed E-state index contributed by atoms with van der Waals surface area (Å²) in [6.45, 7) is 12.7. The molecule has 0 aromatic carbocycles. The molecule has 0 saturated carbocycles. The fourth-order valence-electron chi connectivity index (χ4n) is 1.32. The first-order chi connectivity index (χ1) is 6.54. The van der Waals surface area contributed by atoms with Crippen LogP contribution in [-0.2, 0) is 4.79 Å². The maximum atomic E-state index is 11.8.